The molecule has 2 aliphatic rings. The Bertz CT molecular complexity index is 891. The minimum atomic E-state index is -0.596. The number of carbonyl (C=O) groups is 2. The average Bonchev–Trinajstić information content (AvgIpc) is 2.69. The van der Waals surface area contributed by atoms with Crippen LogP contribution in [0.4, 0.5) is 5.69 Å². The van der Waals surface area contributed by atoms with E-state index >= 15 is 0 Å². The molecule has 6 heteroatoms. The summed E-state index contributed by atoms with van der Waals surface area (Å²) in [6, 6.07) is 17.2. The second-order valence-electron chi connectivity index (χ2n) is 6.84. The van der Waals surface area contributed by atoms with Gasteiger partial charge in [-0.05, 0) is 36.2 Å². The van der Waals surface area contributed by atoms with Crippen LogP contribution in [0, 0.1) is 5.92 Å². The largest absolute Gasteiger partial charge is 0.511 e. The third kappa shape index (κ3) is 3.44. The molecule has 138 valence electrons. The highest BCUT2D eigenvalue weighted by molar-refractivity contribution is 6.23. The van der Waals surface area contributed by atoms with Gasteiger partial charge in [-0.25, -0.2) is 0 Å². The summed E-state index contributed by atoms with van der Waals surface area (Å²) in [5.74, 6) is -1.51. The van der Waals surface area contributed by atoms with Crippen LogP contribution in [0.1, 0.15) is 6.42 Å². The molecule has 2 unspecified atom stereocenters. The molecule has 2 amide bonds. The zero-order valence-electron chi connectivity index (χ0n) is 14.7. The Kier molecular flexibility index (Phi) is 4.64. The molecule has 0 aromatic heterocycles. The van der Waals surface area contributed by atoms with Gasteiger partial charge in [0.2, 0.25) is 0 Å². The van der Waals surface area contributed by atoms with E-state index in [1.54, 1.807) is 12.1 Å². The van der Waals surface area contributed by atoms with E-state index in [0.29, 0.717) is 12.2 Å². The molecule has 4 N–H and O–H groups in total. The molecular weight excluding hydrogens is 342 g/mol. The van der Waals surface area contributed by atoms with E-state index in [1.807, 2.05) is 42.5 Å². The maximum atomic E-state index is 12.6. The maximum Gasteiger partial charge on any atom is 0.264 e. The highest BCUT2D eigenvalue weighted by Crippen LogP contribution is 2.27. The third-order valence-corrected chi connectivity index (χ3v) is 5.11. The summed E-state index contributed by atoms with van der Waals surface area (Å²) in [6.45, 7) is 1.32. The number of hydrogen-bond donors (Lipinski definition) is 4. The van der Waals surface area contributed by atoms with Crippen molar-refractivity contribution in [2.75, 3.05) is 18.4 Å². The fraction of sp³-hybridized carbons (Fsp3) is 0.238. The van der Waals surface area contributed by atoms with Gasteiger partial charge >= 0.3 is 0 Å². The summed E-state index contributed by atoms with van der Waals surface area (Å²) in [4.78, 5) is 24.9. The Morgan fingerprint density at radius 2 is 1.74 bits per heavy atom. The maximum absolute atomic E-state index is 12.6. The van der Waals surface area contributed by atoms with E-state index in [-0.39, 0.29) is 23.3 Å². The van der Waals surface area contributed by atoms with Crippen molar-refractivity contribution in [1.29, 1.82) is 0 Å². The highest BCUT2D eigenvalue weighted by Gasteiger charge is 2.39. The van der Waals surface area contributed by atoms with Crippen molar-refractivity contribution in [1.82, 2.24) is 10.6 Å². The van der Waals surface area contributed by atoms with Crippen LogP contribution in [-0.4, -0.2) is 36.1 Å². The minimum Gasteiger partial charge on any atom is -0.511 e. The van der Waals surface area contributed by atoms with Crippen LogP contribution >= 0.6 is 0 Å². The van der Waals surface area contributed by atoms with E-state index in [0.717, 1.165) is 24.1 Å². The topological polar surface area (TPSA) is 90.5 Å². The van der Waals surface area contributed by atoms with Gasteiger partial charge in [-0.15, -0.1) is 0 Å². The number of hydrogen-bond acceptors (Lipinski definition) is 4. The Morgan fingerprint density at radius 3 is 2.48 bits per heavy atom. The van der Waals surface area contributed by atoms with Crippen molar-refractivity contribution >= 4 is 17.5 Å². The Morgan fingerprint density at radius 1 is 1.04 bits per heavy atom. The average molecular weight is 363 g/mol. The lowest BCUT2D eigenvalue weighted by molar-refractivity contribution is -0.123. The van der Waals surface area contributed by atoms with Gasteiger partial charge in [0.15, 0.2) is 0 Å². The molecule has 1 fully saturated rings. The van der Waals surface area contributed by atoms with E-state index in [4.69, 9.17) is 0 Å². The third-order valence-electron chi connectivity index (χ3n) is 5.11. The lowest BCUT2D eigenvalue weighted by Gasteiger charge is -2.36. The molecule has 0 spiro atoms. The molecule has 2 aromatic carbocycles. The lowest BCUT2D eigenvalue weighted by Crippen LogP contribution is -2.55. The number of piperidine rings is 1. The van der Waals surface area contributed by atoms with Crippen molar-refractivity contribution in [3.05, 3.63) is 65.9 Å². The van der Waals surface area contributed by atoms with Gasteiger partial charge in [-0.3, -0.25) is 9.59 Å². The van der Waals surface area contributed by atoms with Gasteiger partial charge in [-0.1, -0.05) is 42.5 Å². The standard InChI is InChI=1S/C21H21N3O3/c25-19-16-12-22-11-10-17(16)24-21(27)18(19)20(26)23-15-8-6-14(7-9-15)13-4-2-1-3-5-13/h1-9,16-17,22,25H,10-12H2,(H,23,26)(H,24,27). The van der Waals surface area contributed by atoms with E-state index in [9.17, 15) is 14.7 Å². The number of nitrogens with one attached hydrogen (secondary N) is 3. The fourth-order valence-electron chi connectivity index (χ4n) is 3.65. The van der Waals surface area contributed by atoms with Crippen LogP contribution in [0.3, 0.4) is 0 Å². The first kappa shape index (κ1) is 17.3. The molecule has 4 rings (SSSR count). The van der Waals surface area contributed by atoms with Crippen LogP contribution in [-0.2, 0) is 9.59 Å². The van der Waals surface area contributed by atoms with Crippen molar-refractivity contribution in [2.24, 2.45) is 5.92 Å². The molecule has 2 aliphatic heterocycles. The zero-order chi connectivity index (χ0) is 18.8. The van der Waals surface area contributed by atoms with Crippen molar-refractivity contribution in [3.8, 4) is 11.1 Å². The molecule has 6 nitrogen and oxygen atoms in total. The number of benzene rings is 2. The number of anilines is 1. The van der Waals surface area contributed by atoms with Crippen LogP contribution in [0.15, 0.2) is 65.9 Å². The molecule has 2 heterocycles. The van der Waals surface area contributed by atoms with Crippen molar-refractivity contribution in [3.63, 3.8) is 0 Å². The summed E-state index contributed by atoms with van der Waals surface area (Å²) < 4.78 is 0. The quantitative estimate of drug-likeness (QED) is 0.630. The Balaban J connectivity index is 1.52. The molecule has 0 saturated carbocycles. The predicted octanol–water partition coefficient (Wildman–Crippen LogP) is 2.21. The number of aliphatic hydroxyl groups is 1. The van der Waals surface area contributed by atoms with E-state index in [2.05, 4.69) is 16.0 Å². The van der Waals surface area contributed by atoms with Gasteiger partial charge in [0, 0.05) is 18.3 Å². The Labute approximate surface area is 157 Å². The highest BCUT2D eigenvalue weighted by atomic mass is 16.3. The number of amides is 2. The smallest absolute Gasteiger partial charge is 0.264 e. The molecule has 0 bridgehead atoms. The molecule has 2 aromatic rings. The zero-order valence-corrected chi connectivity index (χ0v) is 14.7. The second-order valence-corrected chi connectivity index (χ2v) is 6.84. The first-order valence-corrected chi connectivity index (χ1v) is 9.05. The fourth-order valence-corrected chi connectivity index (χ4v) is 3.65. The second kappa shape index (κ2) is 7.25. The monoisotopic (exact) mass is 363 g/mol. The first-order chi connectivity index (χ1) is 13.1. The molecular formula is C21H21N3O3. The van der Waals surface area contributed by atoms with Crippen molar-refractivity contribution < 1.29 is 14.7 Å². The summed E-state index contributed by atoms with van der Waals surface area (Å²) in [5, 5.41) is 19.2. The summed E-state index contributed by atoms with van der Waals surface area (Å²) >= 11 is 0. The molecule has 0 aliphatic carbocycles. The summed E-state index contributed by atoms with van der Waals surface area (Å²) in [5.41, 5.74) is 2.48. The number of carbonyl (C=O) groups excluding carboxylic acids is 2. The first-order valence-electron chi connectivity index (χ1n) is 9.05. The molecule has 27 heavy (non-hydrogen) atoms. The summed E-state index contributed by atoms with van der Waals surface area (Å²) in [6.07, 6.45) is 0.732. The summed E-state index contributed by atoms with van der Waals surface area (Å²) in [7, 11) is 0. The SMILES string of the molecule is O=C(Nc1ccc(-c2ccccc2)cc1)C1=C(O)C2CNCCC2NC1=O. The van der Waals surface area contributed by atoms with E-state index < -0.39 is 11.8 Å². The van der Waals surface area contributed by atoms with Crippen LogP contribution in [0.25, 0.3) is 11.1 Å². The molecule has 0 radical (unpaired) electrons. The number of rotatable bonds is 3. The minimum absolute atomic E-state index is 0.125. The van der Waals surface area contributed by atoms with Crippen LogP contribution in [0.2, 0.25) is 0 Å². The number of aliphatic hydroxyl groups excluding tert-OH is 1. The van der Waals surface area contributed by atoms with Crippen LogP contribution < -0.4 is 16.0 Å². The van der Waals surface area contributed by atoms with Gasteiger partial charge in [-0.2, -0.15) is 0 Å². The normalized spacial score (nSPS) is 22.0. The molecule has 1 saturated heterocycles. The van der Waals surface area contributed by atoms with Gasteiger partial charge < -0.3 is 21.1 Å². The lowest BCUT2D eigenvalue weighted by atomic mass is 9.85. The Hall–Kier alpha value is -3.12. The van der Waals surface area contributed by atoms with Crippen LogP contribution in [0.5, 0.6) is 0 Å². The van der Waals surface area contributed by atoms with Gasteiger partial charge in [0.25, 0.3) is 11.8 Å². The van der Waals surface area contributed by atoms with Gasteiger partial charge in [0.1, 0.15) is 11.3 Å². The molecule has 2 atom stereocenters. The number of fused-ring (bicyclic) bond motifs is 1. The van der Waals surface area contributed by atoms with Crippen molar-refractivity contribution in [2.45, 2.75) is 12.5 Å². The predicted molar refractivity (Wildman–Crippen MR) is 103 cm³/mol. The van der Waals surface area contributed by atoms with Gasteiger partial charge in [0.05, 0.1) is 5.92 Å². The van der Waals surface area contributed by atoms with E-state index in [1.165, 1.54) is 0 Å².